The number of carbonyl (C=O) groups is 1. The SMILES string of the molecule is N#CC1(Nc2ccc(Cl)cc2)C(=O)Nc2ccccc21. The lowest BCUT2D eigenvalue weighted by molar-refractivity contribution is -0.118. The van der Waals surface area contributed by atoms with Crippen LogP contribution in [0, 0.1) is 11.3 Å². The van der Waals surface area contributed by atoms with E-state index in [0.29, 0.717) is 22.0 Å². The van der Waals surface area contributed by atoms with Gasteiger partial charge in [0, 0.05) is 22.0 Å². The Morgan fingerprint density at radius 2 is 1.85 bits per heavy atom. The van der Waals surface area contributed by atoms with Crippen molar-refractivity contribution in [2.24, 2.45) is 0 Å². The van der Waals surface area contributed by atoms with Gasteiger partial charge >= 0.3 is 0 Å². The number of hydrogen-bond acceptors (Lipinski definition) is 3. The Morgan fingerprint density at radius 1 is 1.15 bits per heavy atom. The lowest BCUT2D eigenvalue weighted by Crippen LogP contribution is -2.40. The molecule has 0 aromatic heterocycles. The number of rotatable bonds is 2. The number of hydrogen-bond donors (Lipinski definition) is 2. The molecular formula is C15H10ClN3O. The molecule has 0 fully saturated rings. The predicted molar refractivity (Wildman–Crippen MR) is 77.4 cm³/mol. The molecule has 2 aromatic carbocycles. The molecule has 0 spiro atoms. The van der Waals surface area contributed by atoms with Gasteiger partial charge < -0.3 is 10.6 Å². The molecule has 0 saturated carbocycles. The van der Waals surface area contributed by atoms with E-state index in [1.807, 2.05) is 6.07 Å². The van der Waals surface area contributed by atoms with E-state index in [0.717, 1.165) is 0 Å². The largest absolute Gasteiger partial charge is 0.356 e. The Labute approximate surface area is 121 Å². The molecule has 0 aliphatic carbocycles. The van der Waals surface area contributed by atoms with Gasteiger partial charge in [-0.05, 0) is 30.3 Å². The molecule has 1 aliphatic heterocycles. The molecule has 20 heavy (non-hydrogen) atoms. The van der Waals surface area contributed by atoms with Crippen LogP contribution in [0.3, 0.4) is 0 Å². The van der Waals surface area contributed by atoms with Gasteiger partial charge in [0.05, 0.1) is 0 Å². The van der Waals surface area contributed by atoms with E-state index in [9.17, 15) is 10.1 Å². The van der Waals surface area contributed by atoms with Gasteiger partial charge in [0.1, 0.15) is 6.07 Å². The molecule has 98 valence electrons. The highest BCUT2D eigenvalue weighted by molar-refractivity contribution is 6.30. The third kappa shape index (κ3) is 1.80. The fourth-order valence-electron chi connectivity index (χ4n) is 2.27. The molecule has 5 heteroatoms. The van der Waals surface area contributed by atoms with Crippen molar-refractivity contribution in [3.63, 3.8) is 0 Å². The van der Waals surface area contributed by atoms with Crippen molar-refractivity contribution >= 4 is 28.9 Å². The van der Waals surface area contributed by atoms with Gasteiger partial charge in [-0.15, -0.1) is 0 Å². The molecule has 4 nitrogen and oxygen atoms in total. The van der Waals surface area contributed by atoms with E-state index in [4.69, 9.17) is 11.6 Å². The highest BCUT2D eigenvalue weighted by Crippen LogP contribution is 2.38. The van der Waals surface area contributed by atoms with Gasteiger partial charge in [-0.25, -0.2) is 0 Å². The van der Waals surface area contributed by atoms with E-state index in [2.05, 4.69) is 16.7 Å². The molecule has 1 atom stereocenters. The second-order valence-corrected chi connectivity index (χ2v) is 4.93. The average molecular weight is 284 g/mol. The molecule has 2 aromatic rings. The van der Waals surface area contributed by atoms with Crippen molar-refractivity contribution in [1.29, 1.82) is 5.26 Å². The zero-order valence-corrected chi connectivity index (χ0v) is 11.1. The number of para-hydroxylation sites is 1. The van der Waals surface area contributed by atoms with Crippen LogP contribution in [0.1, 0.15) is 5.56 Å². The molecule has 1 amide bonds. The fraction of sp³-hybridized carbons (Fsp3) is 0.0667. The summed E-state index contributed by atoms with van der Waals surface area (Å²) in [7, 11) is 0. The van der Waals surface area contributed by atoms with E-state index in [1.54, 1.807) is 42.5 Å². The second kappa shape index (κ2) is 4.55. The highest BCUT2D eigenvalue weighted by Gasteiger charge is 2.47. The van der Waals surface area contributed by atoms with Gasteiger partial charge in [-0.2, -0.15) is 5.26 Å². The maximum atomic E-state index is 12.2. The molecule has 0 saturated heterocycles. The maximum Gasteiger partial charge on any atom is 0.269 e. The second-order valence-electron chi connectivity index (χ2n) is 4.49. The summed E-state index contributed by atoms with van der Waals surface area (Å²) in [4.78, 5) is 12.2. The van der Waals surface area contributed by atoms with Gasteiger partial charge in [0.15, 0.2) is 0 Å². The van der Waals surface area contributed by atoms with Gasteiger partial charge in [-0.3, -0.25) is 4.79 Å². The lowest BCUT2D eigenvalue weighted by atomic mass is 9.92. The minimum absolute atomic E-state index is 0.379. The summed E-state index contributed by atoms with van der Waals surface area (Å²) < 4.78 is 0. The Kier molecular flexibility index (Phi) is 2.85. The van der Waals surface area contributed by atoms with Crippen LogP contribution < -0.4 is 10.6 Å². The van der Waals surface area contributed by atoms with Crippen LogP contribution in [0.2, 0.25) is 5.02 Å². The van der Waals surface area contributed by atoms with E-state index in [1.165, 1.54) is 0 Å². The summed E-state index contributed by atoms with van der Waals surface area (Å²) in [5, 5.41) is 15.9. The van der Waals surface area contributed by atoms with Crippen LogP contribution in [-0.4, -0.2) is 5.91 Å². The number of nitrogens with zero attached hydrogens (tertiary/aromatic N) is 1. The smallest absolute Gasteiger partial charge is 0.269 e. The summed E-state index contributed by atoms with van der Waals surface area (Å²) in [5.41, 5.74) is 0.524. The van der Waals surface area contributed by atoms with Gasteiger partial charge in [0.2, 0.25) is 5.54 Å². The van der Waals surface area contributed by atoms with Crippen molar-refractivity contribution in [2.45, 2.75) is 5.54 Å². The van der Waals surface area contributed by atoms with Crippen LogP contribution >= 0.6 is 11.6 Å². The van der Waals surface area contributed by atoms with E-state index < -0.39 is 5.54 Å². The first-order chi connectivity index (χ1) is 9.65. The first-order valence-corrected chi connectivity index (χ1v) is 6.39. The Balaban J connectivity index is 2.06. The number of carbonyl (C=O) groups excluding carboxylic acids is 1. The van der Waals surface area contributed by atoms with E-state index in [-0.39, 0.29) is 5.91 Å². The molecule has 1 unspecified atom stereocenters. The normalized spacial score (nSPS) is 19.9. The summed E-state index contributed by atoms with van der Waals surface area (Å²) in [5.74, 6) is -0.379. The van der Waals surface area contributed by atoms with Crippen LogP contribution in [0.5, 0.6) is 0 Å². The summed E-state index contributed by atoms with van der Waals surface area (Å²) in [6.45, 7) is 0. The Hall–Kier alpha value is -2.51. The van der Waals surface area contributed by atoms with Crippen LogP contribution in [0.4, 0.5) is 11.4 Å². The molecular weight excluding hydrogens is 274 g/mol. The standard InChI is InChI=1S/C15H10ClN3O/c16-10-5-7-11(8-6-10)19-15(9-17)12-3-1-2-4-13(12)18-14(15)20/h1-8,19H,(H,18,20). The number of anilines is 2. The van der Waals surface area contributed by atoms with Crippen molar-refractivity contribution in [1.82, 2.24) is 0 Å². The van der Waals surface area contributed by atoms with Crippen molar-refractivity contribution in [3.8, 4) is 6.07 Å². The van der Waals surface area contributed by atoms with Crippen LogP contribution in [0.15, 0.2) is 48.5 Å². The van der Waals surface area contributed by atoms with Gasteiger partial charge in [-0.1, -0.05) is 29.8 Å². The quantitative estimate of drug-likeness (QED) is 0.890. The van der Waals surface area contributed by atoms with Crippen molar-refractivity contribution in [3.05, 3.63) is 59.1 Å². The Morgan fingerprint density at radius 3 is 2.55 bits per heavy atom. The van der Waals surface area contributed by atoms with Crippen LogP contribution in [-0.2, 0) is 10.3 Å². The zero-order chi connectivity index (χ0) is 14.2. The third-order valence-corrected chi connectivity index (χ3v) is 3.52. The van der Waals surface area contributed by atoms with Gasteiger partial charge in [0.25, 0.3) is 5.91 Å². The molecule has 2 N–H and O–H groups in total. The first-order valence-electron chi connectivity index (χ1n) is 6.02. The number of halogens is 1. The van der Waals surface area contributed by atoms with Crippen LogP contribution in [0.25, 0.3) is 0 Å². The number of nitrogens with one attached hydrogen (secondary N) is 2. The average Bonchev–Trinajstić information content (AvgIpc) is 2.74. The summed E-state index contributed by atoms with van der Waals surface area (Å²) in [6, 6.07) is 16.1. The highest BCUT2D eigenvalue weighted by atomic mass is 35.5. The maximum absolute atomic E-state index is 12.2. The minimum Gasteiger partial charge on any atom is -0.356 e. The number of amides is 1. The first kappa shape index (κ1) is 12.5. The molecule has 0 radical (unpaired) electrons. The molecule has 1 aliphatic rings. The summed E-state index contributed by atoms with van der Waals surface area (Å²) >= 11 is 5.83. The van der Waals surface area contributed by atoms with E-state index >= 15 is 0 Å². The van der Waals surface area contributed by atoms with Crippen molar-refractivity contribution < 1.29 is 4.79 Å². The number of nitriles is 1. The predicted octanol–water partition coefficient (Wildman–Crippen LogP) is 3.12. The minimum atomic E-state index is -1.41. The molecule has 3 rings (SSSR count). The monoisotopic (exact) mass is 283 g/mol. The summed E-state index contributed by atoms with van der Waals surface area (Å²) in [6.07, 6.45) is 0. The molecule has 0 bridgehead atoms. The zero-order valence-electron chi connectivity index (χ0n) is 10.4. The lowest BCUT2D eigenvalue weighted by Gasteiger charge is -2.22. The number of benzene rings is 2. The molecule has 1 heterocycles. The number of fused-ring (bicyclic) bond motifs is 1. The van der Waals surface area contributed by atoms with Crippen molar-refractivity contribution in [2.75, 3.05) is 10.6 Å². The topological polar surface area (TPSA) is 64.9 Å². The fourth-order valence-corrected chi connectivity index (χ4v) is 2.40. The third-order valence-electron chi connectivity index (χ3n) is 3.26. The Bertz CT molecular complexity index is 721.